The van der Waals surface area contributed by atoms with E-state index < -0.39 is 14.5 Å². The summed E-state index contributed by atoms with van der Waals surface area (Å²) in [6.45, 7) is 5.30. The standard InChI is InChI=1S/C4H9O.2CH3.Al/c1-4(2)3-5;;;/h4H,3H2,1-2H3;2*1H3;/q-1;;;+1. The van der Waals surface area contributed by atoms with Crippen LogP contribution in [-0.2, 0) is 3.79 Å². The molecule has 0 aromatic heterocycles. The molecule has 0 aliphatic carbocycles. The van der Waals surface area contributed by atoms with Crippen LogP contribution in [0.2, 0.25) is 11.6 Å². The molecule has 0 fully saturated rings. The third-order valence-corrected chi connectivity index (χ3v) is 1.62. The first-order valence-corrected chi connectivity index (χ1v) is 6.02. The van der Waals surface area contributed by atoms with Gasteiger partial charge in [-0.2, -0.15) is 0 Å². The molecule has 0 aromatic rings. The molecule has 2 heteroatoms. The van der Waals surface area contributed by atoms with Crippen LogP contribution in [0.4, 0.5) is 0 Å². The van der Waals surface area contributed by atoms with Gasteiger partial charge in [0.1, 0.15) is 0 Å². The molecule has 0 heterocycles. The Hall–Kier alpha value is 0.492. The van der Waals surface area contributed by atoms with Crippen molar-refractivity contribution in [2.24, 2.45) is 5.92 Å². The minimum absolute atomic E-state index is 0.699. The van der Waals surface area contributed by atoms with Crippen molar-refractivity contribution in [1.82, 2.24) is 0 Å². The van der Waals surface area contributed by atoms with Crippen LogP contribution in [0, 0.1) is 5.92 Å². The van der Waals surface area contributed by atoms with E-state index in [1.807, 2.05) is 0 Å². The van der Waals surface area contributed by atoms with E-state index in [9.17, 15) is 0 Å². The van der Waals surface area contributed by atoms with Crippen LogP contribution < -0.4 is 0 Å². The number of hydrogen-bond acceptors (Lipinski definition) is 1. The van der Waals surface area contributed by atoms with Crippen molar-refractivity contribution in [2.75, 3.05) is 6.61 Å². The van der Waals surface area contributed by atoms with Crippen LogP contribution in [-0.4, -0.2) is 21.1 Å². The monoisotopic (exact) mass is 130 g/mol. The fraction of sp³-hybridized carbons (Fsp3) is 1.00. The van der Waals surface area contributed by atoms with Gasteiger partial charge in [-0.1, -0.05) is 25.4 Å². The van der Waals surface area contributed by atoms with E-state index in [1.165, 1.54) is 0 Å². The Kier molecular flexibility index (Phi) is 4.65. The van der Waals surface area contributed by atoms with Gasteiger partial charge >= 0.3 is 14.5 Å². The van der Waals surface area contributed by atoms with Crippen LogP contribution in [0.1, 0.15) is 13.8 Å². The minimum Gasteiger partial charge on any atom is -0.501 e. The van der Waals surface area contributed by atoms with Gasteiger partial charge < -0.3 is 3.79 Å². The van der Waals surface area contributed by atoms with Gasteiger partial charge in [-0.3, -0.25) is 0 Å². The third kappa shape index (κ3) is 6.49. The first-order chi connectivity index (χ1) is 3.63. The molecule has 0 amide bonds. The highest BCUT2D eigenvalue weighted by atomic mass is 27.2. The van der Waals surface area contributed by atoms with Crippen molar-refractivity contribution in [2.45, 2.75) is 25.4 Å². The minimum atomic E-state index is -0.727. The first-order valence-electron chi connectivity index (χ1n) is 3.24. The molecule has 0 aliphatic rings. The smallest absolute Gasteiger partial charge is 0.453 e. The lowest BCUT2D eigenvalue weighted by Crippen LogP contribution is -2.12. The van der Waals surface area contributed by atoms with Gasteiger partial charge in [0.2, 0.25) is 0 Å². The highest BCUT2D eigenvalue weighted by Gasteiger charge is 2.03. The van der Waals surface area contributed by atoms with E-state index >= 15 is 0 Å². The Morgan fingerprint density at radius 3 is 2.00 bits per heavy atom. The van der Waals surface area contributed by atoms with Crippen LogP contribution in [0.3, 0.4) is 0 Å². The average molecular weight is 130 g/mol. The number of rotatable bonds is 3. The molecule has 0 rings (SSSR count). The summed E-state index contributed by atoms with van der Waals surface area (Å²) in [7, 11) is 0. The summed E-state index contributed by atoms with van der Waals surface area (Å²) >= 11 is -0.727. The summed E-state index contributed by atoms with van der Waals surface area (Å²) in [5.41, 5.74) is 0. The Morgan fingerprint density at radius 1 is 1.38 bits per heavy atom. The topological polar surface area (TPSA) is 9.23 Å². The Labute approximate surface area is 56.8 Å². The second-order valence-corrected chi connectivity index (χ2v) is 5.21. The molecule has 48 valence electrons. The fourth-order valence-corrected chi connectivity index (χ4v) is 1.15. The molecule has 0 unspecified atom stereocenters. The molecule has 0 N–H and O–H groups in total. The predicted octanol–water partition coefficient (Wildman–Crippen LogP) is 1.91. The fourth-order valence-electron chi connectivity index (χ4n) is 0.385. The van der Waals surface area contributed by atoms with Gasteiger partial charge in [-0.15, -0.1) is 0 Å². The molecule has 0 aromatic carbocycles. The highest BCUT2D eigenvalue weighted by Crippen LogP contribution is 1.93. The Bertz CT molecular complexity index is 44.5. The molecule has 0 saturated heterocycles. The summed E-state index contributed by atoms with van der Waals surface area (Å²) in [5, 5.41) is 0. The Balaban J connectivity index is 2.93. The van der Waals surface area contributed by atoms with Crippen molar-refractivity contribution in [1.29, 1.82) is 0 Å². The molecule has 0 atom stereocenters. The normalized spacial score (nSPS) is 10.1. The molecule has 0 bridgehead atoms. The number of hydrogen-bond donors (Lipinski definition) is 0. The average Bonchev–Trinajstić information content (AvgIpc) is 1.61. The van der Waals surface area contributed by atoms with Crippen LogP contribution >= 0.6 is 0 Å². The second kappa shape index (κ2) is 4.38. The zero-order chi connectivity index (χ0) is 6.57. The lowest BCUT2D eigenvalue weighted by Gasteiger charge is -2.06. The predicted molar refractivity (Wildman–Crippen MR) is 38.3 cm³/mol. The van der Waals surface area contributed by atoms with Gasteiger partial charge in [0, 0.05) is 6.61 Å². The molecular weight excluding hydrogens is 115 g/mol. The van der Waals surface area contributed by atoms with Crippen LogP contribution in [0.15, 0.2) is 0 Å². The van der Waals surface area contributed by atoms with Crippen LogP contribution in [0.5, 0.6) is 0 Å². The quantitative estimate of drug-likeness (QED) is 0.530. The van der Waals surface area contributed by atoms with Crippen molar-refractivity contribution >= 4 is 14.5 Å². The summed E-state index contributed by atoms with van der Waals surface area (Å²) in [6.07, 6.45) is 0. The zero-order valence-electron chi connectivity index (χ0n) is 6.27. The molecule has 8 heavy (non-hydrogen) atoms. The summed E-state index contributed by atoms with van der Waals surface area (Å²) in [4.78, 5) is 0. The largest absolute Gasteiger partial charge is 0.501 e. The highest BCUT2D eigenvalue weighted by molar-refractivity contribution is 6.48. The lowest BCUT2D eigenvalue weighted by molar-refractivity contribution is 0.276. The van der Waals surface area contributed by atoms with Crippen molar-refractivity contribution < 1.29 is 3.79 Å². The third-order valence-electron chi connectivity index (χ3n) is 0.763. The maximum Gasteiger partial charge on any atom is 0.453 e. The van der Waals surface area contributed by atoms with E-state index in [0.29, 0.717) is 5.92 Å². The maximum absolute atomic E-state index is 5.44. The van der Waals surface area contributed by atoms with Gasteiger partial charge in [0.05, 0.1) is 0 Å². The van der Waals surface area contributed by atoms with Crippen molar-refractivity contribution in [3.8, 4) is 0 Å². The van der Waals surface area contributed by atoms with Gasteiger partial charge in [-0.05, 0) is 5.92 Å². The molecule has 1 nitrogen and oxygen atoms in total. The van der Waals surface area contributed by atoms with Gasteiger partial charge in [-0.25, -0.2) is 0 Å². The van der Waals surface area contributed by atoms with E-state index in [2.05, 4.69) is 25.4 Å². The van der Waals surface area contributed by atoms with E-state index in [-0.39, 0.29) is 0 Å². The summed E-state index contributed by atoms with van der Waals surface area (Å²) < 4.78 is 5.44. The molecule has 0 aliphatic heterocycles. The molecule has 0 saturated carbocycles. The lowest BCUT2D eigenvalue weighted by atomic mass is 10.2. The Morgan fingerprint density at radius 2 is 1.88 bits per heavy atom. The van der Waals surface area contributed by atoms with E-state index in [0.717, 1.165) is 6.61 Å². The molecule has 0 radical (unpaired) electrons. The van der Waals surface area contributed by atoms with Gasteiger partial charge in [0.25, 0.3) is 0 Å². The summed E-state index contributed by atoms with van der Waals surface area (Å²) in [6, 6.07) is 0. The van der Waals surface area contributed by atoms with Crippen LogP contribution in [0.25, 0.3) is 0 Å². The van der Waals surface area contributed by atoms with Crippen molar-refractivity contribution in [3.05, 3.63) is 0 Å². The molecule has 0 spiro atoms. The van der Waals surface area contributed by atoms with Gasteiger partial charge in [0.15, 0.2) is 0 Å². The zero-order valence-corrected chi connectivity index (χ0v) is 7.42. The molecular formula is C6H15AlO. The first kappa shape index (κ1) is 8.49. The van der Waals surface area contributed by atoms with E-state index in [4.69, 9.17) is 3.79 Å². The second-order valence-electron chi connectivity index (χ2n) is 2.78. The summed E-state index contributed by atoms with van der Waals surface area (Å²) in [5.74, 6) is 5.09. The van der Waals surface area contributed by atoms with Crippen molar-refractivity contribution in [3.63, 3.8) is 0 Å². The SMILES string of the molecule is CC(C)C[O][Al]([CH3])[CH3]. The maximum atomic E-state index is 5.44. The van der Waals surface area contributed by atoms with E-state index in [1.54, 1.807) is 0 Å².